The van der Waals surface area contributed by atoms with Crippen LogP contribution in [0.4, 0.5) is 0 Å². The van der Waals surface area contributed by atoms with Crippen LogP contribution >= 0.6 is 28.1 Å². The summed E-state index contributed by atoms with van der Waals surface area (Å²) in [5.74, 6) is 0. The Morgan fingerprint density at radius 1 is 1.39 bits per heavy atom. The summed E-state index contributed by atoms with van der Waals surface area (Å²) in [7, 11) is 0. The van der Waals surface area contributed by atoms with Gasteiger partial charge in [0.15, 0.2) is 10.4 Å². The van der Waals surface area contributed by atoms with Crippen molar-refractivity contribution in [1.29, 1.82) is 0 Å². The van der Waals surface area contributed by atoms with E-state index in [1.807, 2.05) is 12.3 Å². The van der Waals surface area contributed by atoms with Gasteiger partial charge in [0.25, 0.3) is 0 Å². The Hall–Kier alpha value is -0.680. The summed E-state index contributed by atoms with van der Waals surface area (Å²) in [5, 5.41) is 0. The Bertz CT molecular complexity index is 637. The first-order chi connectivity index (χ1) is 8.60. The van der Waals surface area contributed by atoms with E-state index in [1.165, 1.54) is 32.1 Å². The van der Waals surface area contributed by atoms with Gasteiger partial charge in [-0.05, 0) is 54.0 Å². The maximum absolute atomic E-state index is 5.50. The lowest BCUT2D eigenvalue weighted by atomic mass is 9.83. The van der Waals surface area contributed by atoms with E-state index in [1.54, 1.807) is 0 Å². The fourth-order valence-electron chi connectivity index (χ4n) is 3.01. The summed E-state index contributed by atoms with van der Waals surface area (Å²) < 4.78 is 4.00. The van der Waals surface area contributed by atoms with Gasteiger partial charge in [-0.25, -0.2) is 4.98 Å². The number of rotatable bonds is 1. The number of H-pyrrole nitrogens is 1. The molecule has 0 saturated heterocycles. The van der Waals surface area contributed by atoms with Crippen molar-refractivity contribution in [3.8, 4) is 0 Å². The Morgan fingerprint density at radius 2 is 2.11 bits per heavy atom. The van der Waals surface area contributed by atoms with Gasteiger partial charge in [-0.2, -0.15) is 0 Å². The molecule has 0 amide bonds. The molecule has 0 radical (unpaired) electrons. The Morgan fingerprint density at radius 3 is 2.83 bits per heavy atom. The van der Waals surface area contributed by atoms with Crippen LogP contribution in [0, 0.1) is 4.77 Å². The van der Waals surface area contributed by atoms with Gasteiger partial charge in [-0.15, -0.1) is 0 Å². The van der Waals surface area contributed by atoms with Crippen molar-refractivity contribution in [2.24, 2.45) is 0 Å². The van der Waals surface area contributed by atoms with Crippen molar-refractivity contribution in [1.82, 2.24) is 14.5 Å². The van der Waals surface area contributed by atoms with E-state index in [-0.39, 0.29) is 5.54 Å². The number of aromatic amines is 1. The lowest BCUT2D eigenvalue weighted by Gasteiger charge is -2.35. The molecule has 3 rings (SSSR count). The van der Waals surface area contributed by atoms with Crippen LogP contribution in [0.5, 0.6) is 0 Å². The van der Waals surface area contributed by atoms with Crippen molar-refractivity contribution < 1.29 is 0 Å². The van der Waals surface area contributed by atoms with Crippen LogP contribution in [-0.4, -0.2) is 14.5 Å². The molecule has 0 spiro atoms. The van der Waals surface area contributed by atoms with Crippen LogP contribution in [-0.2, 0) is 5.54 Å². The third kappa shape index (κ3) is 1.93. The largest absolute Gasteiger partial charge is 0.329 e. The molecular formula is C13H16BrN3S. The van der Waals surface area contributed by atoms with Crippen molar-refractivity contribution in [2.75, 3.05) is 0 Å². The highest BCUT2D eigenvalue weighted by Gasteiger charge is 2.31. The number of pyridine rings is 1. The standard InChI is InChI=1S/C13H16BrN3S/c1-13(5-3-2-4-6-13)17-11-10(16-12(17)18)7-9(14)8-15-11/h7-8H,2-6H2,1H3,(H,16,18). The summed E-state index contributed by atoms with van der Waals surface area (Å²) in [4.78, 5) is 7.82. The number of hydrogen-bond acceptors (Lipinski definition) is 2. The van der Waals surface area contributed by atoms with Crippen LogP contribution < -0.4 is 0 Å². The summed E-state index contributed by atoms with van der Waals surface area (Å²) in [6.07, 6.45) is 8.11. The highest BCUT2D eigenvalue weighted by Crippen LogP contribution is 2.36. The smallest absolute Gasteiger partial charge is 0.179 e. The zero-order valence-electron chi connectivity index (χ0n) is 10.4. The predicted octanol–water partition coefficient (Wildman–Crippen LogP) is 4.54. The molecule has 0 unspecified atom stereocenters. The minimum Gasteiger partial charge on any atom is -0.329 e. The second-order valence-electron chi connectivity index (χ2n) is 5.35. The van der Waals surface area contributed by atoms with Crippen LogP contribution in [0.15, 0.2) is 16.7 Å². The van der Waals surface area contributed by atoms with Crippen molar-refractivity contribution in [2.45, 2.75) is 44.6 Å². The monoisotopic (exact) mass is 325 g/mol. The van der Waals surface area contributed by atoms with E-state index in [2.05, 4.69) is 37.4 Å². The average molecular weight is 326 g/mol. The quantitative estimate of drug-likeness (QED) is 0.781. The molecular weight excluding hydrogens is 310 g/mol. The maximum atomic E-state index is 5.50. The first kappa shape index (κ1) is 12.4. The van der Waals surface area contributed by atoms with Gasteiger partial charge in [-0.1, -0.05) is 19.3 Å². The lowest BCUT2D eigenvalue weighted by molar-refractivity contribution is 0.221. The molecule has 1 saturated carbocycles. The zero-order valence-corrected chi connectivity index (χ0v) is 12.8. The fraction of sp³-hybridized carbons (Fsp3) is 0.538. The second-order valence-corrected chi connectivity index (χ2v) is 6.65. The molecule has 2 heterocycles. The number of aromatic nitrogens is 3. The molecule has 1 aliphatic carbocycles. The molecule has 0 atom stereocenters. The minimum atomic E-state index is 0.119. The lowest BCUT2D eigenvalue weighted by Crippen LogP contribution is -2.32. The van der Waals surface area contributed by atoms with Gasteiger partial charge in [0.1, 0.15) is 0 Å². The van der Waals surface area contributed by atoms with Gasteiger partial charge in [-0.3, -0.25) is 4.57 Å². The average Bonchev–Trinajstić information content (AvgIpc) is 2.65. The first-order valence-electron chi connectivity index (χ1n) is 6.37. The van der Waals surface area contributed by atoms with E-state index in [4.69, 9.17) is 12.2 Å². The summed E-state index contributed by atoms with van der Waals surface area (Å²) in [5.41, 5.74) is 2.11. The molecule has 18 heavy (non-hydrogen) atoms. The van der Waals surface area contributed by atoms with Crippen LogP contribution in [0.1, 0.15) is 39.0 Å². The zero-order chi connectivity index (χ0) is 12.8. The second kappa shape index (κ2) is 4.46. The molecule has 1 fully saturated rings. The molecule has 0 bridgehead atoms. The molecule has 3 nitrogen and oxygen atoms in total. The molecule has 0 aromatic carbocycles. The summed E-state index contributed by atoms with van der Waals surface area (Å²) in [6.45, 7) is 2.30. The Balaban J connectivity index is 2.22. The van der Waals surface area contributed by atoms with E-state index in [0.29, 0.717) is 0 Å². The molecule has 0 aliphatic heterocycles. The van der Waals surface area contributed by atoms with Crippen molar-refractivity contribution in [3.05, 3.63) is 21.5 Å². The van der Waals surface area contributed by atoms with Gasteiger partial charge in [0.05, 0.1) is 5.52 Å². The summed E-state index contributed by atoms with van der Waals surface area (Å²) in [6, 6.07) is 2.04. The maximum Gasteiger partial charge on any atom is 0.179 e. The number of nitrogens with one attached hydrogen (secondary N) is 1. The van der Waals surface area contributed by atoms with E-state index in [9.17, 15) is 0 Å². The van der Waals surface area contributed by atoms with Crippen molar-refractivity contribution >= 4 is 39.3 Å². The number of imidazole rings is 1. The number of halogens is 1. The SMILES string of the molecule is CC1(n2c(=S)[nH]c3cc(Br)cnc32)CCCCC1. The molecule has 1 aliphatic rings. The Kier molecular flexibility index (Phi) is 3.06. The van der Waals surface area contributed by atoms with Crippen molar-refractivity contribution in [3.63, 3.8) is 0 Å². The molecule has 96 valence electrons. The van der Waals surface area contributed by atoms with Crippen LogP contribution in [0.25, 0.3) is 11.2 Å². The molecule has 1 N–H and O–H groups in total. The van der Waals surface area contributed by atoms with Crippen LogP contribution in [0.3, 0.4) is 0 Å². The molecule has 2 aromatic heterocycles. The minimum absolute atomic E-state index is 0.119. The number of nitrogens with zero attached hydrogens (tertiary/aromatic N) is 2. The Labute approximate surface area is 120 Å². The molecule has 5 heteroatoms. The van der Waals surface area contributed by atoms with Gasteiger partial charge in [0.2, 0.25) is 0 Å². The number of fused-ring (bicyclic) bond motifs is 1. The van der Waals surface area contributed by atoms with E-state index in [0.717, 1.165) is 20.4 Å². The normalized spacial score (nSPS) is 19.2. The van der Waals surface area contributed by atoms with Gasteiger partial charge >= 0.3 is 0 Å². The highest BCUT2D eigenvalue weighted by molar-refractivity contribution is 9.10. The third-order valence-corrected chi connectivity index (χ3v) is 4.68. The number of hydrogen-bond donors (Lipinski definition) is 1. The predicted molar refractivity (Wildman–Crippen MR) is 79.4 cm³/mol. The van der Waals surface area contributed by atoms with E-state index < -0.39 is 0 Å². The fourth-order valence-corrected chi connectivity index (χ4v) is 3.76. The highest BCUT2D eigenvalue weighted by atomic mass is 79.9. The first-order valence-corrected chi connectivity index (χ1v) is 7.57. The molecule has 2 aromatic rings. The van der Waals surface area contributed by atoms with Gasteiger partial charge < -0.3 is 4.98 Å². The topological polar surface area (TPSA) is 33.6 Å². The summed E-state index contributed by atoms with van der Waals surface area (Å²) >= 11 is 8.95. The van der Waals surface area contributed by atoms with E-state index >= 15 is 0 Å². The third-order valence-electron chi connectivity index (χ3n) is 3.96. The van der Waals surface area contributed by atoms with Gasteiger partial charge in [0, 0.05) is 16.2 Å². The van der Waals surface area contributed by atoms with Crippen LogP contribution in [0.2, 0.25) is 0 Å².